The topological polar surface area (TPSA) is 98.0 Å². The van der Waals surface area contributed by atoms with Crippen molar-refractivity contribution in [1.29, 1.82) is 0 Å². The third kappa shape index (κ3) is 4.02. The molecule has 0 aliphatic carbocycles. The molecule has 1 N–H and O–H groups in total. The van der Waals surface area contributed by atoms with Crippen LogP contribution >= 0.6 is 23.2 Å². The minimum atomic E-state index is -1.43. The molecule has 1 heterocycles. The highest BCUT2D eigenvalue weighted by Gasteiger charge is 2.14. The third-order valence-electron chi connectivity index (χ3n) is 3.01. The summed E-state index contributed by atoms with van der Waals surface area (Å²) in [5, 5.41) is 20.9. The fourth-order valence-corrected chi connectivity index (χ4v) is 2.41. The number of rotatable bonds is 7. The number of Topliss-reactive ketones (excluding diaryl/α,β-unsaturated/α-hetero) is 1. The van der Waals surface area contributed by atoms with E-state index in [2.05, 4.69) is 15.5 Å². The summed E-state index contributed by atoms with van der Waals surface area (Å²) in [4.78, 5) is 21.5. The van der Waals surface area contributed by atoms with Crippen molar-refractivity contribution in [3.05, 3.63) is 39.6 Å². The van der Waals surface area contributed by atoms with Crippen LogP contribution in [0, 0.1) is 0 Å². The molecule has 2 aromatic rings. The molecule has 0 amide bonds. The van der Waals surface area contributed by atoms with E-state index in [1.54, 1.807) is 18.2 Å². The molecule has 1 aromatic carbocycles. The van der Waals surface area contributed by atoms with Gasteiger partial charge < -0.3 is 5.11 Å². The fourth-order valence-electron chi connectivity index (χ4n) is 1.88. The number of benzene rings is 1. The molecule has 0 saturated heterocycles. The summed E-state index contributed by atoms with van der Waals surface area (Å²) in [6.07, 6.45) is 0.610. The van der Waals surface area contributed by atoms with Crippen molar-refractivity contribution in [1.82, 2.24) is 20.2 Å². The van der Waals surface area contributed by atoms with Gasteiger partial charge in [-0.05, 0) is 34.5 Å². The number of halogens is 2. The Balaban J connectivity index is 2.04. The van der Waals surface area contributed by atoms with Gasteiger partial charge >= 0.3 is 5.97 Å². The van der Waals surface area contributed by atoms with Crippen molar-refractivity contribution in [3.63, 3.8) is 0 Å². The van der Waals surface area contributed by atoms with Crippen LogP contribution in [0.15, 0.2) is 18.2 Å². The molecule has 7 nitrogen and oxygen atoms in total. The maximum absolute atomic E-state index is 11.0. The van der Waals surface area contributed by atoms with E-state index < -0.39 is 11.8 Å². The molecule has 0 aliphatic heterocycles. The standard InChI is InChI=1S/C13H12Cl2N4O3/c14-9-3-1-4-10(15)8(9)7-12-16-17-18-19(12)6-2-5-11(20)13(21)22/h1,3-4H,2,5-7H2,(H,21,22). The summed E-state index contributed by atoms with van der Waals surface area (Å²) >= 11 is 12.2. The SMILES string of the molecule is O=C(O)C(=O)CCCn1nnnc1Cc1c(Cl)cccc1Cl. The van der Waals surface area contributed by atoms with Gasteiger partial charge in [0.05, 0.1) is 0 Å². The van der Waals surface area contributed by atoms with Gasteiger partial charge in [-0.1, -0.05) is 29.3 Å². The number of ketones is 1. The molecule has 9 heteroatoms. The number of hydrogen-bond acceptors (Lipinski definition) is 5. The number of carbonyl (C=O) groups is 2. The Kier molecular flexibility index (Phi) is 5.46. The summed E-state index contributed by atoms with van der Waals surface area (Å²) in [6.45, 7) is 0.337. The van der Waals surface area contributed by atoms with Crippen LogP contribution < -0.4 is 0 Å². The highest BCUT2D eigenvalue weighted by Crippen LogP contribution is 2.26. The van der Waals surface area contributed by atoms with Crippen molar-refractivity contribution in [2.24, 2.45) is 0 Å². The Morgan fingerprint density at radius 2 is 1.91 bits per heavy atom. The van der Waals surface area contributed by atoms with E-state index in [4.69, 9.17) is 28.3 Å². The number of hydrogen-bond donors (Lipinski definition) is 1. The lowest BCUT2D eigenvalue weighted by Gasteiger charge is -2.07. The zero-order valence-electron chi connectivity index (χ0n) is 11.4. The van der Waals surface area contributed by atoms with Gasteiger partial charge in [-0.25, -0.2) is 9.48 Å². The second-order valence-corrected chi connectivity index (χ2v) is 5.34. The van der Waals surface area contributed by atoms with E-state index in [9.17, 15) is 9.59 Å². The van der Waals surface area contributed by atoms with Gasteiger partial charge in [0.25, 0.3) is 0 Å². The average Bonchev–Trinajstić information content (AvgIpc) is 2.90. The molecule has 1 aromatic heterocycles. The van der Waals surface area contributed by atoms with Crippen LogP contribution in [0.2, 0.25) is 10.0 Å². The van der Waals surface area contributed by atoms with Gasteiger partial charge in [0.15, 0.2) is 5.82 Å². The van der Waals surface area contributed by atoms with Crippen molar-refractivity contribution >= 4 is 35.0 Å². The second kappa shape index (κ2) is 7.33. The first-order chi connectivity index (χ1) is 10.5. The molecule has 0 fully saturated rings. The smallest absolute Gasteiger partial charge is 0.372 e. The van der Waals surface area contributed by atoms with Gasteiger partial charge in [-0.15, -0.1) is 5.10 Å². The zero-order valence-corrected chi connectivity index (χ0v) is 12.9. The minimum Gasteiger partial charge on any atom is -0.476 e. The lowest BCUT2D eigenvalue weighted by molar-refractivity contribution is -0.149. The summed E-state index contributed by atoms with van der Waals surface area (Å²) in [5.41, 5.74) is 0.712. The number of carboxylic acids is 1. The molecule has 2 rings (SSSR count). The van der Waals surface area contributed by atoms with E-state index in [0.29, 0.717) is 40.8 Å². The monoisotopic (exact) mass is 342 g/mol. The number of nitrogens with zero attached hydrogens (tertiary/aromatic N) is 4. The van der Waals surface area contributed by atoms with Crippen LogP contribution in [-0.2, 0) is 22.6 Å². The highest BCUT2D eigenvalue weighted by molar-refractivity contribution is 6.36. The van der Waals surface area contributed by atoms with Crippen LogP contribution in [0.4, 0.5) is 0 Å². The van der Waals surface area contributed by atoms with Gasteiger partial charge in [0.1, 0.15) is 0 Å². The molecule has 0 bridgehead atoms. The Hall–Kier alpha value is -1.99. The molecular weight excluding hydrogens is 331 g/mol. The maximum atomic E-state index is 11.0. The molecule has 0 spiro atoms. The Morgan fingerprint density at radius 1 is 1.23 bits per heavy atom. The molecule has 0 atom stereocenters. The van der Waals surface area contributed by atoms with Crippen LogP contribution in [0.5, 0.6) is 0 Å². The minimum absolute atomic E-state index is 0.0680. The van der Waals surface area contributed by atoms with Crippen molar-refractivity contribution in [2.45, 2.75) is 25.8 Å². The van der Waals surface area contributed by atoms with Crippen LogP contribution in [0.1, 0.15) is 24.2 Å². The summed E-state index contributed by atoms with van der Waals surface area (Å²) < 4.78 is 1.51. The predicted octanol–water partition coefficient (Wildman–Crippen LogP) is 2.00. The van der Waals surface area contributed by atoms with Crippen molar-refractivity contribution in [2.75, 3.05) is 0 Å². The molecule has 0 saturated carbocycles. The molecular formula is C13H12Cl2N4O3. The van der Waals surface area contributed by atoms with E-state index in [1.807, 2.05) is 0 Å². The fraction of sp³-hybridized carbons (Fsp3) is 0.308. The lowest BCUT2D eigenvalue weighted by Crippen LogP contribution is -2.14. The predicted molar refractivity (Wildman–Crippen MR) is 79.0 cm³/mol. The summed E-state index contributed by atoms with van der Waals surface area (Å²) in [5.74, 6) is -1.72. The molecule has 22 heavy (non-hydrogen) atoms. The second-order valence-electron chi connectivity index (χ2n) is 4.53. The number of tetrazole rings is 1. The first-order valence-corrected chi connectivity index (χ1v) is 7.18. The van der Waals surface area contributed by atoms with Crippen LogP contribution in [0.3, 0.4) is 0 Å². The van der Waals surface area contributed by atoms with Crippen LogP contribution in [0.25, 0.3) is 0 Å². The maximum Gasteiger partial charge on any atom is 0.372 e. The van der Waals surface area contributed by atoms with E-state index in [1.165, 1.54) is 4.68 Å². The summed E-state index contributed by atoms with van der Waals surface area (Å²) in [7, 11) is 0. The molecule has 0 radical (unpaired) electrons. The number of aryl methyl sites for hydroxylation is 1. The molecule has 0 unspecified atom stereocenters. The Bertz CT molecular complexity index is 682. The van der Waals surface area contributed by atoms with E-state index in [0.717, 1.165) is 0 Å². The zero-order chi connectivity index (χ0) is 16.1. The molecule has 116 valence electrons. The Labute approximate surface area is 135 Å². The quantitative estimate of drug-likeness (QED) is 0.772. The van der Waals surface area contributed by atoms with Gasteiger partial charge in [0.2, 0.25) is 5.78 Å². The van der Waals surface area contributed by atoms with Crippen molar-refractivity contribution < 1.29 is 14.7 Å². The van der Waals surface area contributed by atoms with Gasteiger partial charge in [-0.3, -0.25) is 4.79 Å². The lowest BCUT2D eigenvalue weighted by atomic mass is 10.1. The Morgan fingerprint density at radius 3 is 2.55 bits per heavy atom. The summed E-state index contributed by atoms with van der Waals surface area (Å²) in [6, 6.07) is 5.19. The largest absolute Gasteiger partial charge is 0.476 e. The highest BCUT2D eigenvalue weighted by atomic mass is 35.5. The number of carboxylic acid groups (broad SMARTS) is 1. The van der Waals surface area contributed by atoms with E-state index in [-0.39, 0.29) is 6.42 Å². The van der Waals surface area contributed by atoms with Gasteiger partial charge in [-0.2, -0.15) is 0 Å². The number of carbonyl (C=O) groups excluding carboxylic acids is 1. The number of aliphatic carboxylic acids is 1. The first-order valence-electron chi connectivity index (χ1n) is 6.43. The van der Waals surface area contributed by atoms with Crippen LogP contribution in [-0.4, -0.2) is 37.1 Å². The third-order valence-corrected chi connectivity index (χ3v) is 3.72. The number of aromatic nitrogens is 4. The first kappa shape index (κ1) is 16.4. The average molecular weight is 343 g/mol. The molecule has 0 aliphatic rings. The van der Waals surface area contributed by atoms with Gasteiger partial charge in [0, 0.05) is 29.4 Å². The van der Waals surface area contributed by atoms with Crippen molar-refractivity contribution in [3.8, 4) is 0 Å². The van der Waals surface area contributed by atoms with E-state index >= 15 is 0 Å². The normalized spacial score (nSPS) is 10.6.